The second kappa shape index (κ2) is 8.73. The summed E-state index contributed by atoms with van der Waals surface area (Å²) in [4.78, 5) is 27.8. The summed E-state index contributed by atoms with van der Waals surface area (Å²) < 4.78 is 7.54. The molecule has 5 nitrogen and oxygen atoms in total. The predicted molar refractivity (Wildman–Crippen MR) is 141 cm³/mol. The fourth-order valence-electron chi connectivity index (χ4n) is 4.60. The summed E-state index contributed by atoms with van der Waals surface area (Å²) in [6.45, 7) is 0. The molecule has 1 heterocycles. The van der Waals surface area contributed by atoms with Gasteiger partial charge in [0.1, 0.15) is 0 Å². The van der Waals surface area contributed by atoms with E-state index in [0.717, 1.165) is 10.0 Å². The largest absolute Gasteiger partial charge is 0.438 e. The van der Waals surface area contributed by atoms with Gasteiger partial charge in [-0.05, 0) is 48.0 Å². The number of ether oxygens (including phenoxy) is 1. The summed E-state index contributed by atoms with van der Waals surface area (Å²) in [7, 11) is 0. The third-order valence-corrected chi connectivity index (χ3v) is 6.82. The highest BCUT2D eigenvalue weighted by Crippen LogP contribution is 2.51. The van der Waals surface area contributed by atoms with E-state index in [4.69, 9.17) is 4.74 Å². The summed E-state index contributed by atoms with van der Waals surface area (Å²) >= 11 is 3.46. The Hall–Kier alpha value is -4.29. The van der Waals surface area contributed by atoms with Gasteiger partial charge < -0.3 is 4.74 Å². The van der Waals surface area contributed by atoms with Crippen molar-refractivity contribution in [1.82, 2.24) is 5.01 Å². The Kier molecular flexibility index (Phi) is 5.38. The Balaban J connectivity index is 1.60. The zero-order chi connectivity index (χ0) is 24.7. The summed E-state index contributed by atoms with van der Waals surface area (Å²) in [6, 6.07) is 33.1. The molecule has 4 aromatic rings. The van der Waals surface area contributed by atoms with Crippen LogP contribution in [0, 0.1) is 0 Å². The van der Waals surface area contributed by atoms with Crippen LogP contribution >= 0.6 is 15.9 Å². The first-order valence-corrected chi connectivity index (χ1v) is 12.2. The molecule has 1 aliphatic heterocycles. The van der Waals surface area contributed by atoms with Crippen LogP contribution in [0.3, 0.4) is 0 Å². The van der Waals surface area contributed by atoms with Crippen LogP contribution in [0.15, 0.2) is 124 Å². The molecule has 0 radical (unpaired) electrons. The fourth-order valence-corrected chi connectivity index (χ4v) is 4.87. The van der Waals surface area contributed by atoms with E-state index >= 15 is 0 Å². The lowest BCUT2D eigenvalue weighted by Gasteiger charge is -2.32. The molecule has 0 aromatic heterocycles. The van der Waals surface area contributed by atoms with Crippen LogP contribution in [0.4, 0.5) is 0 Å². The lowest BCUT2D eigenvalue weighted by atomic mass is 9.97. The molecule has 0 fully saturated rings. The van der Waals surface area contributed by atoms with Gasteiger partial charge in [0.15, 0.2) is 5.78 Å². The molecule has 4 aromatic carbocycles. The van der Waals surface area contributed by atoms with Gasteiger partial charge in [-0.25, -0.2) is 0 Å². The maximum absolute atomic E-state index is 13.9. The lowest BCUT2D eigenvalue weighted by molar-refractivity contribution is -0.0166. The van der Waals surface area contributed by atoms with E-state index in [9.17, 15) is 9.59 Å². The lowest BCUT2D eigenvalue weighted by Crippen LogP contribution is -2.45. The number of hydrogen-bond acceptors (Lipinski definition) is 4. The molecule has 1 amide bonds. The number of hydrogen-bond donors (Lipinski definition) is 0. The third kappa shape index (κ3) is 3.49. The van der Waals surface area contributed by atoms with E-state index in [1.807, 2.05) is 78.9 Å². The van der Waals surface area contributed by atoms with Gasteiger partial charge in [0, 0.05) is 26.7 Å². The van der Waals surface area contributed by atoms with Crippen molar-refractivity contribution in [2.75, 3.05) is 0 Å². The smallest absolute Gasteiger partial charge is 0.278 e. The Labute approximate surface area is 216 Å². The van der Waals surface area contributed by atoms with Crippen molar-refractivity contribution in [3.63, 3.8) is 0 Å². The van der Waals surface area contributed by atoms with E-state index in [1.165, 1.54) is 5.01 Å². The monoisotopic (exact) mass is 534 g/mol. The Bertz CT molecular complexity index is 1550. The average Bonchev–Trinajstić information content (AvgIpc) is 3.44. The second-order valence-electron chi connectivity index (χ2n) is 8.48. The topological polar surface area (TPSA) is 59.0 Å². The molecular weight excluding hydrogens is 516 g/mol. The molecule has 0 saturated carbocycles. The molecule has 6 rings (SSSR count). The van der Waals surface area contributed by atoms with Gasteiger partial charge in [-0.2, -0.15) is 5.01 Å². The van der Waals surface area contributed by atoms with E-state index in [2.05, 4.69) is 21.0 Å². The van der Waals surface area contributed by atoms with Crippen LogP contribution in [-0.4, -0.2) is 22.6 Å². The van der Waals surface area contributed by atoms with Crippen molar-refractivity contribution in [3.8, 4) is 0 Å². The quantitative estimate of drug-likeness (QED) is 0.285. The van der Waals surface area contributed by atoms with Gasteiger partial charge in [-0.15, -0.1) is 5.10 Å². The normalized spacial score (nSPS) is 19.4. The molecule has 0 bridgehead atoms. The number of fused-ring (bicyclic) bond motifs is 2. The molecule has 1 spiro atoms. The van der Waals surface area contributed by atoms with Gasteiger partial charge >= 0.3 is 0 Å². The first kappa shape index (κ1) is 22.2. The van der Waals surface area contributed by atoms with E-state index in [1.54, 1.807) is 36.4 Å². The van der Waals surface area contributed by atoms with Crippen molar-refractivity contribution in [2.24, 2.45) is 5.10 Å². The van der Waals surface area contributed by atoms with Crippen LogP contribution in [0.1, 0.15) is 37.4 Å². The third-order valence-electron chi connectivity index (χ3n) is 6.29. The molecule has 1 atom stereocenters. The maximum Gasteiger partial charge on any atom is 0.278 e. The SMILES string of the molecule is O=C1/C(=C/c2ccc(Br)cc2)[C@]2(OC(c3ccccc3)=NN2C(=O)c2ccccc2)c2ccccc21. The maximum atomic E-state index is 13.9. The zero-order valence-corrected chi connectivity index (χ0v) is 20.6. The summed E-state index contributed by atoms with van der Waals surface area (Å²) in [5.41, 5.74) is 1.80. The molecule has 0 N–H and O–H groups in total. The number of nitrogens with zero attached hydrogens (tertiary/aromatic N) is 2. The van der Waals surface area contributed by atoms with Crippen molar-refractivity contribution >= 4 is 39.6 Å². The number of carbonyl (C=O) groups excluding carboxylic acids is 2. The van der Waals surface area contributed by atoms with Crippen molar-refractivity contribution in [3.05, 3.63) is 147 Å². The Morgan fingerprint density at radius 1 is 0.833 bits per heavy atom. The summed E-state index contributed by atoms with van der Waals surface area (Å²) in [5, 5.41) is 6.01. The number of rotatable bonds is 3. The molecule has 6 heteroatoms. The molecular formula is C30H19BrN2O3. The van der Waals surface area contributed by atoms with Gasteiger partial charge in [-0.3, -0.25) is 9.59 Å². The van der Waals surface area contributed by atoms with Crippen LogP contribution in [0.25, 0.3) is 6.08 Å². The van der Waals surface area contributed by atoms with E-state index in [-0.39, 0.29) is 17.6 Å². The highest BCUT2D eigenvalue weighted by molar-refractivity contribution is 9.10. The number of carbonyl (C=O) groups is 2. The first-order chi connectivity index (χ1) is 17.6. The fraction of sp³-hybridized carbons (Fsp3) is 0.0333. The summed E-state index contributed by atoms with van der Waals surface area (Å²) in [5.74, 6) is -0.303. The highest BCUT2D eigenvalue weighted by atomic mass is 79.9. The van der Waals surface area contributed by atoms with E-state index in [0.29, 0.717) is 27.8 Å². The molecule has 2 aliphatic rings. The zero-order valence-electron chi connectivity index (χ0n) is 19.0. The minimum atomic E-state index is -1.54. The Morgan fingerprint density at radius 2 is 1.47 bits per heavy atom. The van der Waals surface area contributed by atoms with Crippen LogP contribution in [-0.2, 0) is 10.5 Å². The molecule has 174 valence electrons. The molecule has 0 saturated heterocycles. The van der Waals surface area contributed by atoms with E-state index < -0.39 is 5.72 Å². The second-order valence-corrected chi connectivity index (χ2v) is 9.40. The molecule has 0 unspecified atom stereocenters. The van der Waals surface area contributed by atoms with Gasteiger partial charge in [0.2, 0.25) is 5.90 Å². The molecule has 36 heavy (non-hydrogen) atoms. The van der Waals surface area contributed by atoms with Gasteiger partial charge in [0.25, 0.3) is 11.6 Å². The molecule has 1 aliphatic carbocycles. The predicted octanol–water partition coefficient (Wildman–Crippen LogP) is 6.42. The number of ketones is 1. The summed E-state index contributed by atoms with van der Waals surface area (Å²) in [6.07, 6.45) is 1.78. The van der Waals surface area contributed by atoms with Crippen LogP contribution < -0.4 is 0 Å². The standard InChI is InChI=1S/C30H19BrN2O3/c31-23-17-15-20(16-18-23)19-26-27(34)24-13-7-8-14-25(24)30(26)33(29(35)22-11-5-2-6-12-22)32-28(36-30)21-9-3-1-4-10-21/h1-19H/b26-19-/t30-/m1/s1. The van der Waals surface area contributed by atoms with Crippen molar-refractivity contribution in [2.45, 2.75) is 5.72 Å². The van der Waals surface area contributed by atoms with Gasteiger partial charge in [0.05, 0.1) is 5.57 Å². The highest BCUT2D eigenvalue weighted by Gasteiger charge is 2.60. The first-order valence-electron chi connectivity index (χ1n) is 11.4. The minimum Gasteiger partial charge on any atom is -0.438 e. The van der Waals surface area contributed by atoms with Crippen molar-refractivity contribution in [1.29, 1.82) is 0 Å². The number of benzene rings is 4. The average molecular weight is 535 g/mol. The van der Waals surface area contributed by atoms with Crippen LogP contribution in [0.2, 0.25) is 0 Å². The number of hydrazone groups is 1. The van der Waals surface area contributed by atoms with Crippen molar-refractivity contribution < 1.29 is 14.3 Å². The minimum absolute atomic E-state index is 0.205. The number of amides is 1. The number of halogens is 1. The number of Topliss-reactive ketones (excluding diaryl/α,β-unsaturated/α-hetero) is 1. The Morgan fingerprint density at radius 3 is 2.19 bits per heavy atom. The van der Waals surface area contributed by atoms with Gasteiger partial charge in [-0.1, -0.05) is 88.7 Å². The van der Waals surface area contributed by atoms with Crippen LogP contribution in [0.5, 0.6) is 0 Å².